The molecule has 2 aliphatic rings. The van der Waals surface area contributed by atoms with Gasteiger partial charge in [-0.05, 0) is 82.4 Å². The largest absolute Gasteiger partial charge is 0.483 e. The third-order valence-electron chi connectivity index (χ3n) is 8.28. The fourth-order valence-corrected chi connectivity index (χ4v) is 7.35. The summed E-state index contributed by atoms with van der Waals surface area (Å²) in [6.07, 6.45) is 5.00. The summed E-state index contributed by atoms with van der Waals surface area (Å²) >= 11 is 1.32. The molecule has 0 spiro atoms. The summed E-state index contributed by atoms with van der Waals surface area (Å²) in [5.41, 5.74) is 2.01. The number of aromatic nitrogens is 4. The average Bonchev–Trinajstić information content (AvgIpc) is 3.70. The molecule has 2 heterocycles. The number of fused-ring (bicyclic) bond motifs is 2. The second kappa shape index (κ2) is 11.5. The molecule has 10 heteroatoms. The Morgan fingerprint density at radius 3 is 2.69 bits per heavy atom. The van der Waals surface area contributed by atoms with E-state index >= 15 is 0 Å². The number of carbonyl (C=O) groups excluding carboxylic acids is 2. The molecule has 0 unspecified atom stereocenters. The number of para-hydroxylation sites is 1. The van der Waals surface area contributed by atoms with Crippen molar-refractivity contribution in [2.24, 2.45) is 17.8 Å². The van der Waals surface area contributed by atoms with Crippen molar-refractivity contribution >= 4 is 23.5 Å². The normalized spacial score (nSPS) is 20.8. The molecule has 2 aromatic heterocycles. The van der Waals surface area contributed by atoms with Crippen molar-refractivity contribution in [1.29, 1.82) is 0 Å². The molecule has 2 aliphatic carbocycles. The molecule has 2 saturated carbocycles. The third-order valence-corrected chi connectivity index (χ3v) is 9.22. The Morgan fingerprint density at radius 1 is 1.21 bits per heavy atom. The summed E-state index contributed by atoms with van der Waals surface area (Å²) in [5.74, 6) is 1.86. The highest BCUT2D eigenvalue weighted by atomic mass is 32.2. The van der Waals surface area contributed by atoms with E-state index in [4.69, 9.17) is 9.47 Å². The van der Waals surface area contributed by atoms with Crippen LogP contribution in [0.1, 0.15) is 83.5 Å². The molecule has 0 aliphatic heterocycles. The predicted octanol–water partition coefficient (Wildman–Crippen LogP) is 6.09. The van der Waals surface area contributed by atoms with Crippen molar-refractivity contribution in [3.05, 3.63) is 58.4 Å². The Morgan fingerprint density at radius 2 is 2.00 bits per heavy atom. The lowest BCUT2D eigenvalue weighted by Gasteiger charge is -2.30. The number of H-pyrrole nitrogens is 1. The van der Waals surface area contributed by atoms with Crippen LogP contribution in [0, 0.1) is 37.4 Å². The van der Waals surface area contributed by atoms with E-state index in [-0.39, 0.29) is 36.5 Å². The highest BCUT2D eigenvalue weighted by Crippen LogP contribution is 2.52. The topological polar surface area (TPSA) is 99.1 Å². The molecule has 1 aromatic carbocycles. The van der Waals surface area contributed by atoms with Crippen molar-refractivity contribution < 1.29 is 23.5 Å². The summed E-state index contributed by atoms with van der Waals surface area (Å²) in [6.45, 7) is 7.80. The summed E-state index contributed by atoms with van der Waals surface area (Å²) < 4.78 is 27.2. The Kier molecular flexibility index (Phi) is 8.11. The fraction of sp³-hybridized carbons (Fsp3) is 0.517. The molecule has 1 N–H and O–H groups in total. The molecule has 2 fully saturated rings. The molecule has 0 amide bonds. The number of aryl methyl sites for hydroxylation is 1. The van der Waals surface area contributed by atoms with Gasteiger partial charge in [-0.1, -0.05) is 30.3 Å². The third kappa shape index (κ3) is 5.48. The minimum atomic E-state index is -0.436. The second-order valence-electron chi connectivity index (χ2n) is 10.6. The first-order valence-electron chi connectivity index (χ1n) is 13.6. The van der Waals surface area contributed by atoms with Crippen LogP contribution in [-0.4, -0.2) is 43.9 Å². The van der Waals surface area contributed by atoms with Crippen LogP contribution in [0.5, 0.6) is 5.75 Å². The van der Waals surface area contributed by atoms with Crippen LogP contribution in [0.15, 0.2) is 29.4 Å². The number of rotatable bonds is 11. The molecule has 0 saturated heterocycles. The maximum atomic E-state index is 14.2. The summed E-state index contributed by atoms with van der Waals surface area (Å²) in [4.78, 5) is 28.7. The van der Waals surface area contributed by atoms with E-state index in [2.05, 4.69) is 26.7 Å². The zero-order valence-electron chi connectivity index (χ0n) is 22.8. The Bertz CT molecular complexity index is 1370. The van der Waals surface area contributed by atoms with E-state index in [0.29, 0.717) is 45.3 Å². The highest BCUT2D eigenvalue weighted by Gasteiger charge is 2.43. The van der Waals surface area contributed by atoms with Crippen LogP contribution in [0.2, 0.25) is 0 Å². The van der Waals surface area contributed by atoms with E-state index in [0.717, 1.165) is 5.92 Å². The van der Waals surface area contributed by atoms with E-state index in [1.54, 1.807) is 39.0 Å². The van der Waals surface area contributed by atoms with Gasteiger partial charge in [-0.15, -0.1) is 10.2 Å². The number of Topliss-reactive ketones (excluding diaryl/α,β-unsaturated/α-hetero) is 1. The average molecular weight is 555 g/mol. The van der Waals surface area contributed by atoms with Gasteiger partial charge in [0.1, 0.15) is 6.61 Å². The van der Waals surface area contributed by atoms with Crippen molar-refractivity contribution in [3.8, 4) is 5.75 Å². The van der Waals surface area contributed by atoms with Gasteiger partial charge in [-0.25, -0.2) is 9.18 Å². The van der Waals surface area contributed by atoms with Gasteiger partial charge < -0.3 is 14.5 Å². The molecule has 0 radical (unpaired) electrons. The SMILES string of the molecule is CCOC(=O)c1c(C)[nH]c(C(=O)CSc2nnc(COc3ccccc3F)n2[C@H](C)[C@@H]2C[C@@H]3CC[C@@H]2C3)c1C. The first kappa shape index (κ1) is 27.4. The van der Waals surface area contributed by atoms with Gasteiger partial charge >= 0.3 is 5.97 Å². The van der Waals surface area contributed by atoms with E-state index in [1.807, 2.05) is 0 Å². The molecular weight excluding hydrogens is 519 g/mol. The molecule has 4 atom stereocenters. The number of thioether (sulfide) groups is 1. The number of hydrogen-bond acceptors (Lipinski definition) is 7. The van der Waals surface area contributed by atoms with Crippen LogP contribution < -0.4 is 4.74 Å². The molecule has 8 nitrogen and oxygen atoms in total. The van der Waals surface area contributed by atoms with E-state index < -0.39 is 11.8 Å². The van der Waals surface area contributed by atoms with Crippen LogP contribution in [0.25, 0.3) is 0 Å². The van der Waals surface area contributed by atoms with E-state index in [9.17, 15) is 14.0 Å². The number of ether oxygens (including phenoxy) is 2. The number of nitrogens with zero attached hydrogens (tertiary/aromatic N) is 3. The Labute approximate surface area is 232 Å². The zero-order chi connectivity index (χ0) is 27.7. The predicted molar refractivity (Wildman–Crippen MR) is 146 cm³/mol. The first-order valence-corrected chi connectivity index (χ1v) is 14.6. The number of hydrogen-bond donors (Lipinski definition) is 1. The fourth-order valence-electron chi connectivity index (χ4n) is 6.43. The van der Waals surface area contributed by atoms with Gasteiger partial charge in [0.15, 0.2) is 28.3 Å². The molecule has 2 bridgehead atoms. The summed E-state index contributed by atoms with van der Waals surface area (Å²) in [5, 5.41) is 9.48. The standard InChI is InChI=1S/C29H35FN4O4S/c1-5-37-28(36)26-16(2)27(31-17(26)3)23(35)15-39-29-33-32-25(14-38-24-9-7-6-8-22(24)30)34(29)18(4)21-13-19-10-11-20(21)12-19/h6-9,18-21,31H,5,10-15H2,1-4H3/t18-,19-,20-,21+/m1/s1. The highest BCUT2D eigenvalue weighted by molar-refractivity contribution is 7.99. The number of aromatic amines is 1. The van der Waals surface area contributed by atoms with Crippen molar-refractivity contribution in [2.75, 3.05) is 12.4 Å². The number of ketones is 1. The lowest BCUT2D eigenvalue weighted by molar-refractivity contribution is 0.0525. The molecule has 3 aromatic rings. The Hall–Kier alpha value is -3.14. The minimum Gasteiger partial charge on any atom is -0.483 e. The maximum Gasteiger partial charge on any atom is 0.340 e. The lowest BCUT2D eigenvalue weighted by atomic mass is 9.84. The van der Waals surface area contributed by atoms with Crippen molar-refractivity contribution in [2.45, 2.75) is 71.2 Å². The quantitative estimate of drug-likeness (QED) is 0.174. The molecule has 208 valence electrons. The first-order chi connectivity index (χ1) is 18.8. The summed E-state index contributed by atoms with van der Waals surface area (Å²) in [6, 6.07) is 6.43. The number of halogens is 1. The van der Waals surface area contributed by atoms with Gasteiger partial charge in [-0.2, -0.15) is 0 Å². The zero-order valence-corrected chi connectivity index (χ0v) is 23.6. The lowest BCUT2D eigenvalue weighted by Crippen LogP contribution is -2.24. The Balaban J connectivity index is 1.36. The number of benzene rings is 1. The summed E-state index contributed by atoms with van der Waals surface area (Å²) in [7, 11) is 0. The van der Waals surface area contributed by atoms with Crippen LogP contribution >= 0.6 is 11.8 Å². The van der Waals surface area contributed by atoms with Crippen LogP contribution in [0.3, 0.4) is 0 Å². The van der Waals surface area contributed by atoms with Crippen LogP contribution in [-0.2, 0) is 11.3 Å². The minimum absolute atomic E-state index is 0.0748. The van der Waals surface area contributed by atoms with E-state index in [1.165, 1.54) is 43.5 Å². The second-order valence-corrected chi connectivity index (χ2v) is 11.6. The van der Waals surface area contributed by atoms with Crippen molar-refractivity contribution in [3.63, 3.8) is 0 Å². The molecule has 39 heavy (non-hydrogen) atoms. The maximum absolute atomic E-state index is 14.2. The van der Waals surface area contributed by atoms with Crippen LogP contribution in [0.4, 0.5) is 4.39 Å². The van der Waals surface area contributed by atoms with Crippen molar-refractivity contribution in [1.82, 2.24) is 19.7 Å². The monoisotopic (exact) mass is 554 g/mol. The van der Waals surface area contributed by atoms with Gasteiger partial charge in [0.25, 0.3) is 0 Å². The van der Waals surface area contributed by atoms with Gasteiger partial charge in [-0.3, -0.25) is 9.36 Å². The van der Waals surface area contributed by atoms with Gasteiger partial charge in [0.2, 0.25) is 0 Å². The molecule has 5 rings (SSSR count). The number of esters is 1. The molecular formula is C29H35FN4O4S. The van der Waals surface area contributed by atoms with Gasteiger partial charge in [0, 0.05) is 11.7 Å². The number of nitrogens with one attached hydrogen (secondary N) is 1. The smallest absolute Gasteiger partial charge is 0.340 e. The van der Waals surface area contributed by atoms with Gasteiger partial charge in [0.05, 0.1) is 23.6 Å². The number of carbonyl (C=O) groups is 2.